The summed E-state index contributed by atoms with van der Waals surface area (Å²) in [4.78, 5) is 13.9. The van der Waals surface area contributed by atoms with E-state index in [2.05, 4.69) is 11.8 Å². The largest absolute Gasteiger partial charge is 0.395 e. The zero-order chi connectivity index (χ0) is 14.3. The van der Waals surface area contributed by atoms with E-state index in [4.69, 9.17) is 5.11 Å². The summed E-state index contributed by atoms with van der Waals surface area (Å²) in [6, 6.07) is 5.57. The number of benzene rings is 1. The third-order valence-electron chi connectivity index (χ3n) is 2.85. The van der Waals surface area contributed by atoms with Gasteiger partial charge in [0.15, 0.2) is 0 Å². The van der Waals surface area contributed by atoms with Gasteiger partial charge in [-0.25, -0.2) is 0 Å². The van der Waals surface area contributed by atoms with Crippen LogP contribution in [0.4, 0.5) is 0 Å². The van der Waals surface area contributed by atoms with E-state index in [-0.39, 0.29) is 12.5 Å². The second-order valence-electron chi connectivity index (χ2n) is 4.53. The van der Waals surface area contributed by atoms with Crippen molar-refractivity contribution >= 4 is 5.91 Å². The van der Waals surface area contributed by atoms with Crippen molar-refractivity contribution in [2.24, 2.45) is 0 Å². The monoisotopic (exact) mass is 259 g/mol. The molecule has 0 atom stereocenters. The molecule has 0 saturated carbocycles. The van der Waals surface area contributed by atoms with Crippen molar-refractivity contribution in [1.29, 1.82) is 0 Å². The Morgan fingerprint density at radius 3 is 2.79 bits per heavy atom. The predicted octanol–water partition coefficient (Wildman–Crippen LogP) is 2.21. The fraction of sp³-hybridized carbons (Fsp3) is 0.438. The molecular weight excluding hydrogens is 238 g/mol. The van der Waals surface area contributed by atoms with Gasteiger partial charge in [-0.2, -0.15) is 0 Å². The SMILES string of the molecule is CCCN(C)C(=O)c1ccc(C)c(C#CCCO)c1. The van der Waals surface area contributed by atoms with Gasteiger partial charge in [0.05, 0.1) is 6.61 Å². The smallest absolute Gasteiger partial charge is 0.253 e. The van der Waals surface area contributed by atoms with Crippen molar-refractivity contribution in [3.05, 3.63) is 34.9 Å². The Bertz CT molecular complexity index is 497. The van der Waals surface area contributed by atoms with Crippen molar-refractivity contribution in [3.8, 4) is 11.8 Å². The van der Waals surface area contributed by atoms with E-state index in [1.54, 1.807) is 4.90 Å². The number of aliphatic hydroxyl groups is 1. The predicted molar refractivity (Wildman–Crippen MR) is 77.0 cm³/mol. The van der Waals surface area contributed by atoms with Crippen molar-refractivity contribution in [2.75, 3.05) is 20.2 Å². The zero-order valence-corrected chi connectivity index (χ0v) is 11.9. The number of carbonyl (C=O) groups excluding carboxylic acids is 1. The van der Waals surface area contributed by atoms with E-state index in [0.717, 1.165) is 24.1 Å². The molecule has 0 radical (unpaired) electrons. The quantitative estimate of drug-likeness (QED) is 0.842. The van der Waals surface area contributed by atoms with Gasteiger partial charge in [-0.1, -0.05) is 24.8 Å². The van der Waals surface area contributed by atoms with Gasteiger partial charge in [0, 0.05) is 31.1 Å². The van der Waals surface area contributed by atoms with Gasteiger partial charge < -0.3 is 10.0 Å². The highest BCUT2D eigenvalue weighted by Gasteiger charge is 2.11. The molecule has 0 heterocycles. The molecule has 0 aliphatic rings. The lowest BCUT2D eigenvalue weighted by Crippen LogP contribution is -2.27. The Hall–Kier alpha value is -1.79. The van der Waals surface area contributed by atoms with Gasteiger partial charge in [-0.3, -0.25) is 4.79 Å². The second-order valence-corrected chi connectivity index (χ2v) is 4.53. The van der Waals surface area contributed by atoms with Crippen molar-refractivity contribution < 1.29 is 9.90 Å². The van der Waals surface area contributed by atoms with Crippen molar-refractivity contribution in [3.63, 3.8) is 0 Å². The molecule has 19 heavy (non-hydrogen) atoms. The van der Waals surface area contributed by atoms with E-state index in [1.165, 1.54) is 0 Å². The number of hydrogen-bond donors (Lipinski definition) is 1. The van der Waals surface area contributed by atoms with Gasteiger partial charge >= 0.3 is 0 Å². The second kappa shape index (κ2) is 7.60. The lowest BCUT2D eigenvalue weighted by Gasteiger charge is -2.16. The topological polar surface area (TPSA) is 40.5 Å². The molecule has 1 amide bonds. The van der Waals surface area contributed by atoms with Crippen LogP contribution in [0.25, 0.3) is 0 Å². The summed E-state index contributed by atoms with van der Waals surface area (Å²) < 4.78 is 0. The van der Waals surface area contributed by atoms with Gasteiger partial charge in [-0.15, -0.1) is 0 Å². The van der Waals surface area contributed by atoms with Crippen molar-refractivity contribution in [2.45, 2.75) is 26.7 Å². The highest BCUT2D eigenvalue weighted by atomic mass is 16.2. The van der Waals surface area contributed by atoms with Crippen LogP contribution in [0.2, 0.25) is 0 Å². The number of hydrogen-bond acceptors (Lipinski definition) is 2. The highest BCUT2D eigenvalue weighted by molar-refractivity contribution is 5.94. The number of nitrogens with zero attached hydrogens (tertiary/aromatic N) is 1. The highest BCUT2D eigenvalue weighted by Crippen LogP contribution is 2.12. The average molecular weight is 259 g/mol. The minimum absolute atomic E-state index is 0.0204. The Kier molecular flexibility index (Phi) is 6.11. The molecule has 0 spiro atoms. The Balaban J connectivity index is 2.96. The molecule has 0 aliphatic carbocycles. The molecule has 0 fully saturated rings. The van der Waals surface area contributed by atoms with E-state index in [9.17, 15) is 4.79 Å². The van der Waals surface area contributed by atoms with Crippen LogP contribution >= 0.6 is 0 Å². The molecule has 0 bridgehead atoms. The van der Waals surface area contributed by atoms with Crippen LogP contribution in [-0.2, 0) is 0 Å². The van der Waals surface area contributed by atoms with E-state index >= 15 is 0 Å². The fourth-order valence-electron chi connectivity index (χ4n) is 1.76. The fourth-order valence-corrected chi connectivity index (χ4v) is 1.76. The summed E-state index contributed by atoms with van der Waals surface area (Å²) in [5.74, 6) is 5.91. The maximum Gasteiger partial charge on any atom is 0.253 e. The summed E-state index contributed by atoms with van der Waals surface area (Å²) in [6.45, 7) is 4.82. The number of amides is 1. The standard InChI is InChI=1S/C16H21NO2/c1-4-10-17(3)16(19)15-9-8-13(2)14(12-15)7-5-6-11-18/h8-9,12,18H,4,6,10-11H2,1-3H3. The van der Waals surface area contributed by atoms with E-state index in [1.807, 2.05) is 39.1 Å². The first-order chi connectivity index (χ1) is 9.10. The van der Waals surface area contributed by atoms with E-state index < -0.39 is 0 Å². The number of carbonyl (C=O) groups is 1. The molecule has 1 aromatic rings. The summed E-state index contributed by atoms with van der Waals surface area (Å²) in [5.41, 5.74) is 2.55. The first kappa shape index (κ1) is 15.3. The molecule has 102 valence electrons. The van der Waals surface area contributed by atoms with Crippen molar-refractivity contribution in [1.82, 2.24) is 4.90 Å². The van der Waals surface area contributed by atoms with Crippen LogP contribution in [0.15, 0.2) is 18.2 Å². The number of aliphatic hydroxyl groups excluding tert-OH is 1. The molecule has 1 rings (SSSR count). The number of aryl methyl sites for hydroxylation is 1. The molecule has 3 nitrogen and oxygen atoms in total. The van der Waals surface area contributed by atoms with Gasteiger partial charge in [0.2, 0.25) is 0 Å². The molecule has 0 aromatic heterocycles. The van der Waals surface area contributed by atoms with Crippen LogP contribution in [0.5, 0.6) is 0 Å². The van der Waals surface area contributed by atoms with Crippen LogP contribution in [0.1, 0.15) is 41.3 Å². The molecule has 1 N–H and O–H groups in total. The molecule has 0 saturated heterocycles. The molecular formula is C16H21NO2. The first-order valence-electron chi connectivity index (χ1n) is 6.56. The Labute approximate surface area is 115 Å². The van der Waals surface area contributed by atoms with Crippen LogP contribution in [-0.4, -0.2) is 36.1 Å². The third kappa shape index (κ3) is 4.42. The van der Waals surface area contributed by atoms with Gasteiger partial charge in [0.1, 0.15) is 0 Å². The summed E-state index contributed by atoms with van der Waals surface area (Å²) in [6.07, 6.45) is 1.39. The normalized spacial score (nSPS) is 9.68. The Morgan fingerprint density at radius 1 is 1.42 bits per heavy atom. The maximum atomic E-state index is 12.2. The molecule has 1 aromatic carbocycles. The summed E-state index contributed by atoms with van der Waals surface area (Å²) in [7, 11) is 1.81. The van der Waals surface area contributed by atoms with Gasteiger partial charge in [-0.05, 0) is 31.0 Å². The summed E-state index contributed by atoms with van der Waals surface area (Å²) >= 11 is 0. The van der Waals surface area contributed by atoms with Crippen LogP contribution < -0.4 is 0 Å². The Morgan fingerprint density at radius 2 is 2.16 bits per heavy atom. The third-order valence-corrected chi connectivity index (χ3v) is 2.85. The first-order valence-corrected chi connectivity index (χ1v) is 6.56. The minimum atomic E-state index is 0.0204. The number of rotatable bonds is 4. The molecule has 0 unspecified atom stereocenters. The zero-order valence-electron chi connectivity index (χ0n) is 11.9. The van der Waals surface area contributed by atoms with E-state index in [0.29, 0.717) is 12.0 Å². The molecule has 3 heteroatoms. The maximum absolute atomic E-state index is 12.2. The van der Waals surface area contributed by atoms with Crippen LogP contribution in [0.3, 0.4) is 0 Å². The molecule has 0 aliphatic heterocycles. The summed E-state index contributed by atoms with van der Waals surface area (Å²) in [5, 5.41) is 8.72. The lowest BCUT2D eigenvalue weighted by molar-refractivity contribution is 0.0795. The minimum Gasteiger partial charge on any atom is -0.395 e. The lowest BCUT2D eigenvalue weighted by atomic mass is 10.0. The van der Waals surface area contributed by atoms with Gasteiger partial charge in [0.25, 0.3) is 5.91 Å². The van der Waals surface area contributed by atoms with Crippen LogP contribution in [0, 0.1) is 18.8 Å². The average Bonchev–Trinajstić information content (AvgIpc) is 2.40.